The van der Waals surface area contributed by atoms with Crippen LogP contribution in [0.4, 0.5) is 0 Å². The number of amides is 2. The van der Waals surface area contributed by atoms with Crippen molar-refractivity contribution >= 4 is 40.4 Å². The average molecular weight is 830 g/mol. The fourth-order valence-corrected chi connectivity index (χ4v) is 9.03. The summed E-state index contributed by atoms with van der Waals surface area (Å²) in [5, 5.41) is 13.9. The number of likely N-dealkylation sites (N-methyl/N-ethyl adjacent to an activating group) is 1. The molecule has 0 aromatic heterocycles. The summed E-state index contributed by atoms with van der Waals surface area (Å²) in [6.45, 7) is -0.0291. The first-order valence-electron chi connectivity index (χ1n) is 17.8. The maximum absolute atomic E-state index is 15.5. The minimum atomic E-state index is -1.50. The lowest BCUT2D eigenvalue weighted by atomic mass is 9.62. The van der Waals surface area contributed by atoms with E-state index in [1.54, 1.807) is 12.1 Å². The number of fused-ring (bicyclic) bond motifs is 4. The van der Waals surface area contributed by atoms with Gasteiger partial charge in [0.25, 0.3) is 0 Å². The zero-order valence-electron chi connectivity index (χ0n) is 29.0. The Morgan fingerprint density at radius 1 is 0.906 bits per heavy atom. The number of hydroxylamine groups is 2. The van der Waals surface area contributed by atoms with Crippen LogP contribution in [0.2, 0.25) is 0 Å². The van der Waals surface area contributed by atoms with Gasteiger partial charge in [0.15, 0.2) is 6.04 Å². The third-order valence-electron chi connectivity index (χ3n) is 10.9. The number of hydrogen-bond acceptors (Lipinski definition) is 9. The van der Waals surface area contributed by atoms with Crippen LogP contribution < -0.4 is 5.32 Å². The van der Waals surface area contributed by atoms with E-state index in [0.29, 0.717) is 0 Å². The van der Waals surface area contributed by atoms with Crippen LogP contribution >= 0.6 is 22.6 Å². The Balaban J connectivity index is 1.24. The number of nitrogens with one attached hydrogen (secondary N) is 1. The van der Waals surface area contributed by atoms with Crippen molar-refractivity contribution in [3.05, 3.63) is 141 Å². The van der Waals surface area contributed by atoms with Gasteiger partial charge in [0.05, 0.1) is 13.2 Å². The molecule has 12 heteroatoms. The fourth-order valence-electron chi connectivity index (χ4n) is 8.47. The van der Waals surface area contributed by atoms with E-state index in [1.165, 1.54) is 4.90 Å². The molecule has 7 unspecified atom stereocenters. The Labute approximate surface area is 321 Å². The van der Waals surface area contributed by atoms with Gasteiger partial charge >= 0.3 is 5.97 Å². The van der Waals surface area contributed by atoms with Crippen molar-refractivity contribution in [2.45, 2.75) is 61.7 Å². The summed E-state index contributed by atoms with van der Waals surface area (Å²) in [4.78, 5) is 51.9. The average Bonchev–Trinajstić information content (AvgIpc) is 3.77. The molecule has 4 aromatic rings. The summed E-state index contributed by atoms with van der Waals surface area (Å²) in [5.41, 5.74) is 1.74. The Bertz CT molecular complexity index is 1930. The molecular weight excluding hydrogens is 789 g/mol. The molecule has 4 aliphatic rings. The summed E-state index contributed by atoms with van der Waals surface area (Å²) in [5.74, 6) is -2.84. The molecule has 7 atom stereocenters. The lowest BCUT2D eigenvalue weighted by molar-refractivity contribution is -0.214. The van der Waals surface area contributed by atoms with Gasteiger partial charge in [-0.1, -0.05) is 109 Å². The molecule has 2 N–H and O–H groups in total. The zero-order chi connectivity index (χ0) is 36.7. The van der Waals surface area contributed by atoms with Crippen LogP contribution in [0.1, 0.15) is 28.7 Å². The van der Waals surface area contributed by atoms with Gasteiger partial charge in [-0.2, -0.15) is 5.06 Å². The van der Waals surface area contributed by atoms with E-state index in [-0.39, 0.29) is 32.5 Å². The van der Waals surface area contributed by atoms with Gasteiger partial charge in [0.2, 0.25) is 17.6 Å². The van der Waals surface area contributed by atoms with Gasteiger partial charge in [0.1, 0.15) is 35.9 Å². The third-order valence-corrected chi connectivity index (χ3v) is 12.0. The number of rotatable bonds is 11. The van der Waals surface area contributed by atoms with Crippen molar-refractivity contribution in [2.75, 3.05) is 20.2 Å². The summed E-state index contributed by atoms with van der Waals surface area (Å²) < 4.78 is 21.3. The quantitative estimate of drug-likeness (QED) is 0.171. The second kappa shape index (κ2) is 14.6. The van der Waals surface area contributed by atoms with Crippen LogP contribution in [-0.2, 0) is 52.2 Å². The summed E-state index contributed by atoms with van der Waals surface area (Å²) in [7, 11) is 1.60. The molecule has 0 spiro atoms. The minimum Gasteiger partial charge on any atom is -0.458 e. The molecule has 53 heavy (non-hydrogen) atoms. The Kier molecular flexibility index (Phi) is 9.85. The molecule has 0 radical (unpaired) electrons. The van der Waals surface area contributed by atoms with Crippen molar-refractivity contribution in [2.24, 2.45) is 5.41 Å². The highest BCUT2D eigenvalue weighted by molar-refractivity contribution is 14.1. The first-order valence-corrected chi connectivity index (χ1v) is 18.9. The number of esters is 1. The zero-order valence-corrected chi connectivity index (χ0v) is 31.2. The molecule has 2 amide bonds. The predicted octanol–water partition coefficient (Wildman–Crippen LogP) is 3.95. The standard InChI is InChI=1S/C41H40IN3O8/c1-44(31(37(47)43-21-22-46)23-26-13-5-2-6-14-26)39(49)40-24-32-33-34(52-41(51-33,28-16-7-3-8-17-28)29-18-9-4-10-19-29)36(40)53-45(35(40)38(48)50-32)25-27-15-11-12-20-30(27)42/h2-20,31-36,46H,21-25H2,1H3,(H,43,47). The van der Waals surface area contributed by atoms with E-state index in [4.69, 9.17) is 19.0 Å². The normalized spacial score (nSPS) is 27.4. The Morgan fingerprint density at radius 3 is 2.15 bits per heavy atom. The maximum Gasteiger partial charge on any atom is 0.327 e. The van der Waals surface area contributed by atoms with Gasteiger partial charge in [-0.3, -0.25) is 19.2 Å². The highest BCUT2D eigenvalue weighted by Crippen LogP contribution is 2.59. The van der Waals surface area contributed by atoms with Crippen molar-refractivity contribution in [3.8, 4) is 0 Å². The molecule has 3 aliphatic heterocycles. The van der Waals surface area contributed by atoms with Gasteiger partial charge in [-0.05, 0) is 39.8 Å². The lowest BCUT2D eigenvalue weighted by Gasteiger charge is -2.50. The number of carbonyl (C=O) groups is 3. The monoisotopic (exact) mass is 829 g/mol. The number of nitrogens with zero attached hydrogens (tertiary/aromatic N) is 2. The van der Waals surface area contributed by atoms with E-state index >= 15 is 4.79 Å². The molecule has 3 heterocycles. The molecule has 11 nitrogen and oxygen atoms in total. The number of halogens is 1. The number of benzene rings is 4. The number of carbonyl (C=O) groups excluding carboxylic acids is 3. The fraction of sp³-hybridized carbons (Fsp3) is 0.341. The van der Waals surface area contributed by atoms with Gasteiger partial charge in [-0.15, -0.1) is 0 Å². The molecule has 274 valence electrons. The number of ether oxygens (including phenoxy) is 3. The molecular formula is C41H40IN3O8. The molecule has 4 aromatic carbocycles. The topological polar surface area (TPSA) is 127 Å². The predicted molar refractivity (Wildman–Crippen MR) is 201 cm³/mol. The third kappa shape index (κ3) is 6.15. The first-order chi connectivity index (χ1) is 25.8. The van der Waals surface area contributed by atoms with Crippen molar-refractivity contribution < 1.29 is 38.5 Å². The van der Waals surface area contributed by atoms with Crippen LogP contribution in [0.5, 0.6) is 0 Å². The number of aliphatic hydroxyl groups excluding tert-OH is 1. The highest BCUT2D eigenvalue weighted by Gasteiger charge is 2.77. The molecule has 1 aliphatic carbocycles. The second-order valence-electron chi connectivity index (χ2n) is 14.0. The SMILES string of the molecule is CN(C(=O)C12CC3OC(=O)C1N(Cc1ccccc1I)OC2C1OC(c2ccccc2)(c2ccccc2)OC31)C(Cc1ccccc1)C(=O)NCCO. The van der Waals surface area contributed by atoms with Crippen LogP contribution in [0.15, 0.2) is 115 Å². The summed E-state index contributed by atoms with van der Waals surface area (Å²) in [6, 6.07) is 34.3. The van der Waals surface area contributed by atoms with Crippen molar-refractivity contribution in [3.63, 3.8) is 0 Å². The first kappa shape index (κ1) is 35.8. The molecule has 8 rings (SSSR count). The van der Waals surface area contributed by atoms with E-state index < -0.39 is 65.5 Å². The summed E-state index contributed by atoms with van der Waals surface area (Å²) in [6.07, 6.45) is -3.14. The lowest BCUT2D eigenvalue weighted by Crippen LogP contribution is -2.70. The van der Waals surface area contributed by atoms with E-state index in [9.17, 15) is 14.7 Å². The summed E-state index contributed by atoms with van der Waals surface area (Å²) >= 11 is 2.25. The Hall–Kier alpha value is -4.18. The number of hydrogen-bond donors (Lipinski definition) is 2. The van der Waals surface area contributed by atoms with E-state index in [0.717, 1.165) is 25.8 Å². The van der Waals surface area contributed by atoms with Gasteiger partial charge in [0, 0.05) is 41.1 Å². The molecule has 1 saturated carbocycles. The second-order valence-corrected chi connectivity index (χ2v) is 15.1. The molecule has 3 saturated heterocycles. The van der Waals surface area contributed by atoms with Crippen molar-refractivity contribution in [1.82, 2.24) is 15.3 Å². The van der Waals surface area contributed by atoms with Crippen LogP contribution in [-0.4, -0.2) is 89.6 Å². The maximum atomic E-state index is 15.5. The van der Waals surface area contributed by atoms with Crippen LogP contribution in [0.25, 0.3) is 0 Å². The minimum absolute atomic E-state index is 0.0273. The number of aliphatic hydroxyl groups is 1. The molecule has 2 bridgehead atoms. The van der Waals surface area contributed by atoms with Crippen LogP contribution in [0, 0.1) is 8.99 Å². The van der Waals surface area contributed by atoms with Crippen molar-refractivity contribution in [1.29, 1.82) is 0 Å². The highest BCUT2D eigenvalue weighted by atomic mass is 127. The van der Waals surface area contributed by atoms with Gasteiger partial charge in [-0.25, -0.2) is 0 Å². The van der Waals surface area contributed by atoms with Gasteiger partial charge < -0.3 is 29.5 Å². The largest absolute Gasteiger partial charge is 0.458 e. The van der Waals surface area contributed by atoms with E-state index in [1.807, 2.05) is 115 Å². The smallest absolute Gasteiger partial charge is 0.327 e. The van der Waals surface area contributed by atoms with Crippen LogP contribution in [0.3, 0.4) is 0 Å². The molecule has 4 fully saturated rings. The Morgan fingerprint density at radius 2 is 1.51 bits per heavy atom. The van der Waals surface area contributed by atoms with E-state index in [2.05, 4.69) is 27.9 Å².